The molecule has 1 aromatic carbocycles. The van der Waals surface area contributed by atoms with Gasteiger partial charge in [-0.05, 0) is 25.3 Å². The molecule has 1 aliphatic rings. The van der Waals surface area contributed by atoms with Gasteiger partial charge < -0.3 is 15.2 Å². The Morgan fingerprint density at radius 3 is 3.08 bits per heavy atom. The molecule has 132 valence electrons. The topological polar surface area (TPSA) is 115 Å². The summed E-state index contributed by atoms with van der Waals surface area (Å²) < 4.78 is 2.05. The van der Waals surface area contributed by atoms with E-state index in [-0.39, 0.29) is 17.8 Å². The summed E-state index contributed by atoms with van der Waals surface area (Å²) in [6.07, 6.45) is 2.50. The molecule has 2 heterocycles. The Labute approximate surface area is 144 Å². The number of hydrogen-bond donors (Lipinski definition) is 2. The number of aryl methyl sites for hydroxylation is 1. The highest BCUT2D eigenvalue weighted by Crippen LogP contribution is 2.18. The minimum atomic E-state index is -0.428. The molecule has 2 amide bonds. The second-order valence-electron chi connectivity index (χ2n) is 6.03. The first kappa shape index (κ1) is 16.9. The third-order valence-corrected chi connectivity index (χ3v) is 4.19. The van der Waals surface area contributed by atoms with E-state index < -0.39 is 4.92 Å². The summed E-state index contributed by atoms with van der Waals surface area (Å²) in [4.78, 5) is 22.4. The van der Waals surface area contributed by atoms with E-state index in [9.17, 15) is 14.9 Å². The molecule has 3 rings (SSSR count). The smallest absolute Gasteiger partial charge is 0.315 e. The Balaban J connectivity index is 1.48. The predicted molar refractivity (Wildman–Crippen MR) is 90.1 cm³/mol. The van der Waals surface area contributed by atoms with E-state index in [2.05, 4.69) is 20.8 Å². The van der Waals surface area contributed by atoms with Crippen molar-refractivity contribution in [3.8, 4) is 0 Å². The molecule has 0 saturated heterocycles. The van der Waals surface area contributed by atoms with Gasteiger partial charge in [-0.1, -0.05) is 12.1 Å². The van der Waals surface area contributed by atoms with Crippen LogP contribution in [0.25, 0.3) is 0 Å². The van der Waals surface area contributed by atoms with Gasteiger partial charge in [0.15, 0.2) is 5.82 Å². The van der Waals surface area contributed by atoms with E-state index in [4.69, 9.17) is 0 Å². The number of urea groups is 1. The molecule has 1 aromatic heterocycles. The Kier molecular flexibility index (Phi) is 4.92. The molecule has 0 spiro atoms. The number of nitrogens with zero attached hydrogens (tertiary/aromatic N) is 4. The van der Waals surface area contributed by atoms with Crippen LogP contribution in [0.2, 0.25) is 0 Å². The molecule has 2 aromatic rings. The van der Waals surface area contributed by atoms with Gasteiger partial charge >= 0.3 is 6.03 Å². The van der Waals surface area contributed by atoms with Crippen molar-refractivity contribution >= 4 is 11.7 Å². The normalized spacial score (nSPS) is 14.0. The van der Waals surface area contributed by atoms with E-state index in [0.717, 1.165) is 36.6 Å². The Hall–Kier alpha value is -2.97. The van der Waals surface area contributed by atoms with Crippen molar-refractivity contribution in [2.75, 3.05) is 6.54 Å². The molecular weight excluding hydrogens is 324 g/mol. The largest absolute Gasteiger partial charge is 0.338 e. The maximum Gasteiger partial charge on any atom is 0.315 e. The van der Waals surface area contributed by atoms with Gasteiger partial charge in [-0.2, -0.15) is 0 Å². The summed E-state index contributed by atoms with van der Waals surface area (Å²) in [5.74, 6) is 1.73. The Bertz CT molecular complexity index is 788. The average Bonchev–Trinajstić information content (AvgIpc) is 3.18. The highest BCUT2D eigenvalue weighted by Gasteiger charge is 2.22. The molecule has 2 N–H and O–H groups in total. The summed E-state index contributed by atoms with van der Waals surface area (Å²) >= 11 is 0. The molecule has 9 nitrogen and oxygen atoms in total. The number of hydrogen-bond acceptors (Lipinski definition) is 5. The van der Waals surface area contributed by atoms with Crippen LogP contribution in [-0.4, -0.2) is 32.3 Å². The minimum absolute atomic E-state index is 0.0521. The molecule has 0 fully saturated rings. The van der Waals surface area contributed by atoms with Gasteiger partial charge in [-0.25, -0.2) is 4.79 Å². The molecule has 9 heteroatoms. The standard InChI is InChI=1S/C16H20N6O3/c1-11(15-20-19-14-6-3-9-21(14)15)18-16(23)17-8-7-12-4-2-5-13(10-12)22(24)25/h2,4-5,10-11H,3,6-9H2,1H3,(H2,17,18,23). The van der Waals surface area contributed by atoms with Gasteiger partial charge in [0.1, 0.15) is 5.82 Å². The molecule has 1 unspecified atom stereocenters. The summed E-state index contributed by atoms with van der Waals surface area (Å²) in [5, 5.41) is 24.7. The molecule has 1 aliphatic heterocycles. The van der Waals surface area contributed by atoms with Gasteiger partial charge in [-0.3, -0.25) is 10.1 Å². The number of aromatic nitrogens is 3. The lowest BCUT2D eigenvalue weighted by Gasteiger charge is -2.14. The summed E-state index contributed by atoms with van der Waals surface area (Å²) in [7, 11) is 0. The molecule has 0 bridgehead atoms. The fourth-order valence-electron chi connectivity index (χ4n) is 2.95. The van der Waals surface area contributed by atoms with E-state index >= 15 is 0 Å². The van der Waals surface area contributed by atoms with Crippen LogP contribution in [-0.2, 0) is 19.4 Å². The van der Waals surface area contributed by atoms with E-state index in [1.807, 2.05) is 11.5 Å². The second kappa shape index (κ2) is 7.29. The van der Waals surface area contributed by atoms with Crippen molar-refractivity contribution < 1.29 is 9.72 Å². The zero-order valence-corrected chi connectivity index (χ0v) is 13.9. The number of non-ortho nitro benzene ring substituents is 1. The number of carbonyl (C=O) groups excluding carboxylic acids is 1. The van der Waals surface area contributed by atoms with Crippen LogP contribution in [0, 0.1) is 10.1 Å². The van der Waals surface area contributed by atoms with E-state index in [0.29, 0.717) is 13.0 Å². The number of carbonyl (C=O) groups is 1. The van der Waals surface area contributed by atoms with Crippen LogP contribution in [0.1, 0.15) is 36.6 Å². The van der Waals surface area contributed by atoms with E-state index in [1.165, 1.54) is 12.1 Å². The summed E-state index contributed by atoms with van der Waals surface area (Å²) in [6.45, 7) is 3.14. The highest BCUT2D eigenvalue weighted by atomic mass is 16.6. The average molecular weight is 344 g/mol. The number of amides is 2. The number of nitrogens with one attached hydrogen (secondary N) is 2. The zero-order valence-electron chi connectivity index (χ0n) is 13.9. The van der Waals surface area contributed by atoms with E-state index in [1.54, 1.807) is 12.1 Å². The van der Waals surface area contributed by atoms with Crippen LogP contribution >= 0.6 is 0 Å². The lowest BCUT2D eigenvalue weighted by molar-refractivity contribution is -0.384. The van der Waals surface area contributed by atoms with Crippen molar-refractivity contribution in [1.29, 1.82) is 0 Å². The van der Waals surface area contributed by atoms with Gasteiger partial charge in [0, 0.05) is 31.6 Å². The van der Waals surface area contributed by atoms with Gasteiger partial charge in [0.25, 0.3) is 5.69 Å². The summed E-state index contributed by atoms with van der Waals surface area (Å²) in [5.41, 5.74) is 0.856. The molecule has 0 saturated carbocycles. The van der Waals surface area contributed by atoms with Crippen LogP contribution < -0.4 is 10.6 Å². The van der Waals surface area contributed by atoms with Crippen molar-refractivity contribution in [3.63, 3.8) is 0 Å². The first-order valence-corrected chi connectivity index (χ1v) is 8.24. The molecular formula is C16H20N6O3. The second-order valence-corrected chi connectivity index (χ2v) is 6.03. The van der Waals surface area contributed by atoms with Gasteiger partial charge in [0.05, 0.1) is 11.0 Å². The first-order chi connectivity index (χ1) is 12.0. The van der Waals surface area contributed by atoms with Crippen LogP contribution in [0.4, 0.5) is 10.5 Å². The lowest BCUT2D eigenvalue weighted by Crippen LogP contribution is -2.38. The number of benzene rings is 1. The monoisotopic (exact) mass is 344 g/mol. The fourth-order valence-corrected chi connectivity index (χ4v) is 2.95. The molecule has 0 radical (unpaired) electrons. The quantitative estimate of drug-likeness (QED) is 0.612. The third-order valence-electron chi connectivity index (χ3n) is 4.19. The molecule has 1 atom stereocenters. The lowest BCUT2D eigenvalue weighted by atomic mass is 10.1. The fraction of sp³-hybridized carbons (Fsp3) is 0.438. The van der Waals surface area contributed by atoms with Crippen LogP contribution in [0.5, 0.6) is 0 Å². The first-order valence-electron chi connectivity index (χ1n) is 8.24. The number of rotatable bonds is 6. The molecule has 0 aliphatic carbocycles. The van der Waals surface area contributed by atoms with Crippen LogP contribution in [0.3, 0.4) is 0 Å². The van der Waals surface area contributed by atoms with Gasteiger partial charge in [-0.15, -0.1) is 10.2 Å². The third kappa shape index (κ3) is 3.93. The van der Waals surface area contributed by atoms with Crippen LogP contribution in [0.15, 0.2) is 24.3 Å². The molecule has 25 heavy (non-hydrogen) atoms. The minimum Gasteiger partial charge on any atom is -0.338 e. The number of nitro benzene ring substituents is 1. The maximum absolute atomic E-state index is 12.0. The summed E-state index contributed by atoms with van der Waals surface area (Å²) in [6, 6.07) is 5.87. The SMILES string of the molecule is CC(NC(=O)NCCc1cccc([N+](=O)[O-])c1)c1nnc2n1CCC2. The predicted octanol–water partition coefficient (Wildman–Crippen LogP) is 1.74. The van der Waals surface area contributed by atoms with Crippen molar-refractivity contribution in [3.05, 3.63) is 51.6 Å². The van der Waals surface area contributed by atoms with Gasteiger partial charge in [0.2, 0.25) is 0 Å². The number of fused-ring (bicyclic) bond motifs is 1. The number of nitro groups is 1. The van der Waals surface area contributed by atoms with Crippen molar-refractivity contribution in [2.45, 2.75) is 38.8 Å². The maximum atomic E-state index is 12.0. The van der Waals surface area contributed by atoms with Crippen molar-refractivity contribution in [2.24, 2.45) is 0 Å². The Morgan fingerprint density at radius 2 is 2.28 bits per heavy atom. The Morgan fingerprint density at radius 1 is 1.44 bits per heavy atom. The zero-order chi connectivity index (χ0) is 17.8. The highest BCUT2D eigenvalue weighted by molar-refractivity contribution is 5.74. The van der Waals surface area contributed by atoms with Crippen molar-refractivity contribution in [1.82, 2.24) is 25.4 Å².